The Kier molecular flexibility index (Phi) is 2.80. The van der Waals surface area contributed by atoms with E-state index in [0.717, 1.165) is 44.3 Å². The molecule has 1 saturated heterocycles. The van der Waals surface area contributed by atoms with E-state index >= 15 is 0 Å². The molecule has 6 saturated carbocycles. The molecule has 1 heterocycles. The molecule has 26 heavy (non-hydrogen) atoms. The molecule has 0 aromatic heterocycles. The summed E-state index contributed by atoms with van der Waals surface area (Å²) >= 11 is 0. The second-order valence-electron chi connectivity index (χ2n) is 10.8. The predicted octanol–water partition coefficient (Wildman–Crippen LogP) is 2.00. The molecule has 0 aromatic rings. The van der Waals surface area contributed by atoms with Crippen molar-refractivity contribution in [3.63, 3.8) is 0 Å². The monoisotopic (exact) mass is 357 g/mol. The molecule has 0 radical (unpaired) electrons. The van der Waals surface area contributed by atoms with E-state index in [4.69, 9.17) is 0 Å². The Morgan fingerprint density at radius 2 is 2.08 bits per heavy atom. The van der Waals surface area contributed by atoms with Crippen molar-refractivity contribution >= 4 is 5.78 Å². The van der Waals surface area contributed by atoms with Gasteiger partial charge in [-0.05, 0) is 61.0 Å². The third-order valence-electron chi connectivity index (χ3n) is 10.2. The molecule has 6 aliphatic carbocycles. The Morgan fingerprint density at radius 3 is 2.81 bits per heavy atom. The van der Waals surface area contributed by atoms with E-state index in [2.05, 4.69) is 25.3 Å². The summed E-state index contributed by atoms with van der Waals surface area (Å²) in [6.45, 7) is 10.9. The minimum atomic E-state index is -0.555. The fourth-order valence-corrected chi connectivity index (χ4v) is 9.74. The molecule has 0 amide bonds. The Labute approximate surface area is 155 Å². The maximum Gasteiger partial charge on any atom is 0.140 e. The fraction of sp³-hybridized carbons (Fsp3) is 0.864. The van der Waals surface area contributed by atoms with Gasteiger partial charge in [0.25, 0.3) is 0 Å². The molecule has 7 rings (SSSR count). The molecule has 10 unspecified atom stereocenters. The summed E-state index contributed by atoms with van der Waals surface area (Å²) in [5, 5.41) is 22.6. The first-order chi connectivity index (χ1) is 12.3. The van der Waals surface area contributed by atoms with Gasteiger partial charge in [0.1, 0.15) is 5.78 Å². The van der Waals surface area contributed by atoms with E-state index in [1.165, 1.54) is 0 Å². The van der Waals surface area contributed by atoms with Gasteiger partial charge >= 0.3 is 0 Å². The number of rotatable bonds is 1. The highest BCUT2D eigenvalue weighted by atomic mass is 16.3. The topological polar surface area (TPSA) is 60.8 Å². The minimum Gasteiger partial charge on any atom is -0.392 e. The molecule has 2 N–H and O–H groups in total. The maximum atomic E-state index is 13.0. The number of piperidine rings is 2. The van der Waals surface area contributed by atoms with Crippen LogP contribution in [0.3, 0.4) is 0 Å². The van der Waals surface area contributed by atoms with Crippen LogP contribution in [0.2, 0.25) is 0 Å². The van der Waals surface area contributed by atoms with Gasteiger partial charge in [-0.25, -0.2) is 0 Å². The molecule has 6 bridgehead atoms. The number of carbonyl (C=O) groups excluding carboxylic acids is 1. The van der Waals surface area contributed by atoms with Crippen molar-refractivity contribution in [3.8, 4) is 0 Å². The van der Waals surface area contributed by atoms with Crippen LogP contribution in [0.25, 0.3) is 0 Å². The lowest BCUT2D eigenvalue weighted by molar-refractivity contribution is -0.379. The van der Waals surface area contributed by atoms with Crippen molar-refractivity contribution in [3.05, 3.63) is 12.2 Å². The van der Waals surface area contributed by atoms with Crippen LogP contribution in [0.4, 0.5) is 0 Å². The van der Waals surface area contributed by atoms with E-state index in [9.17, 15) is 15.0 Å². The Morgan fingerprint density at radius 1 is 1.31 bits per heavy atom. The van der Waals surface area contributed by atoms with Crippen LogP contribution in [0, 0.1) is 39.9 Å². The molecular formula is C22H31NO3. The number of aliphatic hydroxyl groups is 2. The highest BCUT2D eigenvalue weighted by molar-refractivity contribution is 5.87. The van der Waals surface area contributed by atoms with Crippen LogP contribution in [0.1, 0.15) is 46.0 Å². The highest BCUT2D eigenvalue weighted by Gasteiger charge is 2.84. The van der Waals surface area contributed by atoms with Crippen molar-refractivity contribution in [2.75, 3.05) is 13.1 Å². The number of likely N-dealkylation sites (tertiary alicyclic amines) is 1. The summed E-state index contributed by atoms with van der Waals surface area (Å²) in [6.07, 6.45) is 3.41. The van der Waals surface area contributed by atoms with Gasteiger partial charge in [0, 0.05) is 35.8 Å². The zero-order valence-corrected chi connectivity index (χ0v) is 15.9. The first-order valence-corrected chi connectivity index (χ1v) is 10.6. The quantitative estimate of drug-likeness (QED) is 0.705. The number of carbonyl (C=O) groups is 1. The number of ketones is 1. The van der Waals surface area contributed by atoms with Gasteiger partial charge in [-0.1, -0.05) is 20.4 Å². The van der Waals surface area contributed by atoms with E-state index in [-0.39, 0.29) is 40.0 Å². The Hall–Kier alpha value is -0.710. The number of hydrogen-bond donors (Lipinski definition) is 2. The Bertz CT molecular complexity index is 735. The van der Waals surface area contributed by atoms with Crippen molar-refractivity contribution in [2.24, 2.45) is 39.9 Å². The van der Waals surface area contributed by atoms with Crippen LogP contribution in [0.15, 0.2) is 12.2 Å². The fourth-order valence-electron chi connectivity index (χ4n) is 9.74. The number of hydrogen-bond acceptors (Lipinski definition) is 4. The van der Waals surface area contributed by atoms with E-state index < -0.39 is 6.10 Å². The molecule has 7 aliphatic rings. The van der Waals surface area contributed by atoms with Crippen LogP contribution >= 0.6 is 0 Å². The second-order valence-corrected chi connectivity index (χ2v) is 10.8. The van der Waals surface area contributed by atoms with E-state index in [0.29, 0.717) is 24.3 Å². The summed E-state index contributed by atoms with van der Waals surface area (Å²) in [4.78, 5) is 15.6. The lowest BCUT2D eigenvalue weighted by Crippen LogP contribution is -2.88. The summed E-state index contributed by atoms with van der Waals surface area (Å²) in [5.41, 5.74) is 0.622. The standard InChI is InChI=1S/C22H31NO3/c1-4-23-10-20(3)6-5-16(25)22-15-7-14(24)12-8-21(15,19(26)11(12)2)9-13(17(20)22)18(22)23/h12-13,15-19,25-26H,2,4-10H2,1,3H3. The second kappa shape index (κ2) is 4.47. The highest BCUT2D eigenvalue weighted by Crippen LogP contribution is 2.83. The molecule has 142 valence electrons. The van der Waals surface area contributed by atoms with Crippen LogP contribution < -0.4 is 0 Å². The van der Waals surface area contributed by atoms with Crippen molar-refractivity contribution in [1.82, 2.24) is 4.90 Å². The van der Waals surface area contributed by atoms with E-state index in [1.807, 2.05) is 0 Å². The first-order valence-electron chi connectivity index (χ1n) is 10.6. The lowest BCUT2D eigenvalue weighted by atomic mass is 9.24. The van der Waals surface area contributed by atoms with Crippen LogP contribution in [0.5, 0.6) is 0 Å². The number of Topliss-reactive ketones (excluding diaryl/α,β-unsaturated/α-hetero) is 1. The summed E-state index contributed by atoms with van der Waals surface area (Å²) in [5.74, 6) is 1.34. The molecule has 10 atom stereocenters. The van der Waals surface area contributed by atoms with Gasteiger partial charge in [-0.15, -0.1) is 0 Å². The van der Waals surface area contributed by atoms with Crippen molar-refractivity contribution in [2.45, 2.75) is 64.2 Å². The molecule has 0 aromatic carbocycles. The van der Waals surface area contributed by atoms with Gasteiger partial charge in [-0.2, -0.15) is 0 Å². The smallest absolute Gasteiger partial charge is 0.140 e. The van der Waals surface area contributed by atoms with Gasteiger partial charge in [0.15, 0.2) is 0 Å². The van der Waals surface area contributed by atoms with Crippen molar-refractivity contribution in [1.29, 1.82) is 0 Å². The summed E-state index contributed by atoms with van der Waals surface area (Å²) in [7, 11) is 0. The minimum absolute atomic E-state index is 0.122. The molecule has 2 spiro atoms. The molecule has 4 nitrogen and oxygen atoms in total. The zero-order chi connectivity index (χ0) is 18.2. The molecule has 1 aliphatic heterocycles. The molecule has 4 heteroatoms. The Balaban J connectivity index is 1.56. The third-order valence-corrected chi connectivity index (χ3v) is 10.2. The number of aliphatic hydroxyl groups excluding tert-OH is 2. The summed E-state index contributed by atoms with van der Waals surface area (Å²) in [6, 6.07) is 0.405. The molecular weight excluding hydrogens is 326 g/mol. The van der Waals surface area contributed by atoms with Gasteiger partial charge < -0.3 is 10.2 Å². The largest absolute Gasteiger partial charge is 0.392 e. The SMILES string of the molecule is C=C1C2CC3(CC4C5N(CC)CC6(C)CCC(O)C5(C46)C3CC2=O)C1O. The van der Waals surface area contributed by atoms with Gasteiger partial charge in [0.2, 0.25) is 0 Å². The summed E-state index contributed by atoms with van der Waals surface area (Å²) < 4.78 is 0. The van der Waals surface area contributed by atoms with Crippen LogP contribution in [-0.4, -0.2) is 52.2 Å². The van der Waals surface area contributed by atoms with Crippen LogP contribution in [-0.2, 0) is 4.79 Å². The van der Waals surface area contributed by atoms with E-state index in [1.54, 1.807) is 0 Å². The normalized spacial score (nSPS) is 62.7. The van der Waals surface area contributed by atoms with Crippen molar-refractivity contribution < 1.29 is 15.0 Å². The maximum absolute atomic E-state index is 13.0. The van der Waals surface area contributed by atoms with Gasteiger partial charge in [0.05, 0.1) is 12.2 Å². The lowest BCUT2D eigenvalue weighted by Gasteiger charge is -2.84. The predicted molar refractivity (Wildman–Crippen MR) is 97.2 cm³/mol. The number of nitrogens with zero attached hydrogens (tertiary/aromatic N) is 1. The van der Waals surface area contributed by atoms with Gasteiger partial charge in [-0.3, -0.25) is 9.69 Å². The molecule has 7 fully saturated rings. The third kappa shape index (κ3) is 1.36. The zero-order valence-electron chi connectivity index (χ0n) is 15.9. The number of fused-ring (bicyclic) bond motifs is 1. The average Bonchev–Trinajstić information content (AvgIpc) is 2.81. The average molecular weight is 357 g/mol. The first kappa shape index (κ1) is 16.3.